The lowest BCUT2D eigenvalue weighted by Crippen LogP contribution is -2.04. The maximum absolute atomic E-state index is 10.1. The molecule has 0 aromatic carbocycles. The van der Waals surface area contributed by atoms with Gasteiger partial charge in [-0.05, 0) is 6.92 Å². The number of carbonyl (C=O) groups is 2. The number of rotatable bonds is 2. The fourth-order valence-corrected chi connectivity index (χ4v) is 0.254. The minimum Gasteiger partial charge on any atom is -0.462 e. The van der Waals surface area contributed by atoms with Crippen molar-refractivity contribution < 1.29 is 14.3 Å². The average Bonchev–Trinajstić information content (AvgIpc) is 1.65. The number of hydrogen-bond acceptors (Lipinski definition) is 3. The van der Waals surface area contributed by atoms with Crippen LogP contribution in [-0.2, 0) is 14.3 Å². The molecule has 8 heavy (non-hydrogen) atoms. The molecule has 1 radical (unpaired) electrons. The minimum atomic E-state index is -0.586. The average molecular weight is 115 g/mol. The van der Waals surface area contributed by atoms with Crippen molar-refractivity contribution in [3.8, 4) is 0 Å². The molecule has 0 unspecified atom stereocenters. The van der Waals surface area contributed by atoms with Crippen LogP contribution < -0.4 is 0 Å². The Morgan fingerprint density at radius 2 is 2.12 bits per heavy atom. The summed E-state index contributed by atoms with van der Waals surface area (Å²) in [6.45, 7) is 1.32. The van der Waals surface area contributed by atoms with Crippen LogP contribution in [0.15, 0.2) is 0 Å². The van der Waals surface area contributed by atoms with Crippen LogP contribution in [0.3, 0.4) is 0 Å². The fraction of sp³-hybridized carbons (Fsp3) is 0.400. The summed E-state index contributed by atoms with van der Waals surface area (Å²) in [7, 11) is 2.84. The maximum atomic E-state index is 10.1. The van der Waals surface area contributed by atoms with Gasteiger partial charge in [0.2, 0.25) is 0 Å². The van der Waals surface area contributed by atoms with E-state index < -0.39 is 5.97 Å². The molecule has 0 aliphatic carbocycles. The molecule has 0 atom stereocenters. The van der Waals surface area contributed by atoms with E-state index in [2.05, 4.69) is 11.8 Å². The van der Waals surface area contributed by atoms with Gasteiger partial charge in [0.15, 0.2) is 0 Å². The second-order valence-electron chi connectivity index (χ2n) is 1.40. The number of carbonyl (C=O) groups excluding carboxylic acids is 2. The molecule has 0 bridgehead atoms. The highest BCUT2D eigenvalue weighted by molar-refractivity contribution is 5.94. The molecule has 0 aromatic heterocycles. The van der Waals surface area contributed by atoms with Gasteiger partial charge >= 0.3 is 5.97 Å². The van der Waals surface area contributed by atoms with Gasteiger partial charge in [-0.15, -0.1) is 0 Å². The Hall–Kier alpha value is -0.860. The van der Waals surface area contributed by atoms with Crippen LogP contribution in [0.25, 0.3) is 0 Å². The molecule has 0 N–H and O–H groups in total. The van der Waals surface area contributed by atoms with E-state index in [1.54, 1.807) is 0 Å². The largest absolute Gasteiger partial charge is 0.462 e. The highest BCUT2D eigenvalue weighted by atomic mass is 16.5. The number of hydrogen-bond donors (Lipinski definition) is 0. The van der Waals surface area contributed by atoms with Crippen molar-refractivity contribution in [3.05, 3.63) is 7.11 Å². The highest BCUT2D eigenvalue weighted by Crippen LogP contribution is 1.84. The van der Waals surface area contributed by atoms with E-state index in [1.165, 1.54) is 6.92 Å². The zero-order valence-corrected chi connectivity index (χ0v) is 4.64. The zero-order valence-electron chi connectivity index (χ0n) is 4.64. The van der Waals surface area contributed by atoms with E-state index in [0.717, 1.165) is 0 Å². The van der Waals surface area contributed by atoms with Crippen LogP contribution in [0.4, 0.5) is 0 Å². The van der Waals surface area contributed by atoms with Gasteiger partial charge in [-0.25, -0.2) is 0 Å². The molecule has 0 aliphatic heterocycles. The molecule has 0 saturated heterocycles. The van der Waals surface area contributed by atoms with Gasteiger partial charge in [-0.2, -0.15) is 0 Å². The molecule has 3 heteroatoms. The third-order valence-corrected chi connectivity index (χ3v) is 0.554. The smallest absolute Gasteiger partial charge is 0.313 e. The summed E-state index contributed by atoms with van der Waals surface area (Å²) in [4.78, 5) is 20.2. The van der Waals surface area contributed by atoms with Crippen molar-refractivity contribution in [3.63, 3.8) is 0 Å². The lowest BCUT2D eigenvalue weighted by Gasteiger charge is -1.90. The van der Waals surface area contributed by atoms with Crippen LogP contribution >= 0.6 is 0 Å². The summed E-state index contributed by atoms with van der Waals surface area (Å²) in [5.74, 6) is -0.795. The summed E-state index contributed by atoms with van der Waals surface area (Å²) < 4.78 is 3.95. The highest BCUT2D eigenvalue weighted by Gasteiger charge is 2.01. The van der Waals surface area contributed by atoms with Gasteiger partial charge in [0.1, 0.15) is 19.3 Å². The van der Waals surface area contributed by atoms with Crippen LogP contribution in [-0.4, -0.2) is 11.8 Å². The third kappa shape index (κ3) is 3.33. The van der Waals surface area contributed by atoms with Gasteiger partial charge < -0.3 is 4.74 Å². The first-order valence-corrected chi connectivity index (χ1v) is 2.11. The predicted molar refractivity (Wildman–Crippen MR) is 26.7 cm³/mol. The molecule has 3 nitrogen and oxygen atoms in total. The first-order valence-electron chi connectivity index (χ1n) is 2.11. The van der Waals surface area contributed by atoms with Gasteiger partial charge in [0.05, 0.1) is 0 Å². The van der Waals surface area contributed by atoms with Crippen molar-refractivity contribution in [1.82, 2.24) is 0 Å². The topological polar surface area (TPSA) is 43.4 Å². The predicted octanol–water partition coefficient (Wildman–Crippen LogP) is 0.300. The quantitative estimate of drug-likeness (QED) is 0.384. The first kappa shape index (κ1) is 7.14. The zero-order chi connectivity index (χ0) is 6.57. The molecule has 0 saturated carbocycles. The molecule has 0 aliphatic rings. The van der Waals surface area contributed by atoms with E-state index >= 15 is 0 Å². The van der Waals surface area contributed by atoms with E-state index in [9.17, 15) is 9.59 Å². The van der Waals surface area contributed by atoms with Gasteiger partial charge in [-0.1, -0.05) is 0 Å². The van der Waals surface area contributed by atoms with Crippen LogP contribution in [0.1, 0.15) is 13.3 Å². The third-order valence-electron chi connectivity index (χ3n) is 0.554. The molecule has 45 valence electrons. The molecular weight excluding hydrogens is 108 g/mol. The van der Waals surface area contributed by atoms with E-state index in [0.29, 0.717) is 0 Å². The molecular formula is C5H7O3. The molecule has 0 rings (SSSR count). The van der Waals surface area contributed by atoms with E-state index in [-0.39, 0.29) is 12.2 Å². The standard InChI is InChI=1S/C5H7O3/c1-4(6)3-5(7)8-2/h2-3H2,1H3. The molecule has 0 amide bonds. The minimum absolute atomic E-state index is 0.177. The number of ether oxygens (including phenoxy) is 1. The fourth-order valence-electron chi connectivity index (χ4n) is 0.254. The summed E-state index contributed by atoms with van der Waals surface area (Å²) in [5.41, 5.74) is 0. The molecule has 0 heterocycles. The van der Waals surface area contributed by atoms with Crippen molar-refractivity contribution in [2.75, 3.05) is 0 Å². The van der Waals surface area contributed by atoms with Gasteiger partial charge in [-0.3, -0.25) is 9.59 Å². The second-order valence-corrected chi connectivity index (χ2v) is 1.40. The lowest BCUT2D eigenvalue weighted by molar-refractivity contribution is -0.141. The summed E-state index contributed by atoms with van der Waals surface area (Å²) in [6.07, 6.45) is -0.177. The first-order chi connectivity index (χ1) is 3.66. The van der Waals surface area contributed by atoms with Crippen molar-refractivity contribution in [2.24, 2.45) is 0 Å². The van der Waals surface area contributed by atoms with Crippen molar-refractivity contribution in [2.45, 2.75) is 13.3 Å². The second kappa shape index (κ2) is 3.18. The Kier molecular flexibility index (Phi) is 2.84. The van der Waals surface area contributed by atoms with Gasteiger partial charge in [0.25, 0.3) is 0 Å². The number of esters is 1. The van der Waals surface area contributed by atoms with Crippen molar-refractivity contribution >= 4 is 11.8 Å². The Labute approximate surface area is 47.6 Å². The van der Waals surface area contributed by atoms with Crippen molar-refractivity contribution in [1.29, 1.82) is 0 Å². The number of ketones is 1. The summed E-state index contributed by atoms with van der Waals surface area (Å²) >= 11 is 0. The van der Waals surface area contributed by atoms with Gasteiger partial charge in [0, 0.05) is 0 Å². The number of Topliss-reactive ketones (excluding diaryl/α,β-unsaturated/α-hetero) is 1. The summed E-state index contributed by atoms with van der Waals surface area (Å²) in [5, 5.41) is 0. The normalized spacial score (nSPS) is 8.25. The molecule has 0 aromatic rings. The Balaban J connectivity index is 3.40. The lowest BCUT2D eigenvalue weighted by atomic mass is 10.3. The SMILES string of the molecule is [CH2]OC(=O)CC(C)=O. The van der Waals surface area contributed by atoms with Crippen LogP contribution in [0.5, 0.6) is 0 Å². The Morgan fingerprint density at radius 1 is 1.62 bits per heavy atom. The Bertz CT molecular complexity index is 106. The molecule has 0 spiro atoms. The monoisotopic (exact) mass is 115 g/mol. The van der Waals surface area contributed by atoms with E-state index in [4.69, 9.17) is 0 Å². The maximum Gasteiger partial charge on any atom is 0.313 e. The Morgan fingerprint density at radius 3 is 2.25 bits per heavy atom. The van der Waals surface area contributed by atoms with E-state index in [1.807, 2.05) is 0 Å². The molecule has 0 fully saturated rings. The summed E-state index contributed by atoms with van der Waals surface area (Å²) in [6, 6.07) is 0. The van der Waals surface area contributed by atoms with Crippen LogP contribution in [0.2, 0.25) is 0 Å². The van der Waals surface area contributed by atoms with Crippen LogP contribution in [0, 0.1) is 7.11 Å².